The number of benzene rings is 1. The van der Waals surface area contributed by atoms with Gasteiger partial charge in [0.05, 0.1) is 6.04 Å². The third-order valence-corrected chi connectivity index (χ3v) is 3.90. The predicted octanol–water partition coefficient (Wildman–Crippen LogP) is 2.18. The number of carbonyl (C=O) groups is 1. The molecular formula is C15H18F4N2O2. The Labute approximate surface area is 131 Å². The van der Waals surface area contributed by atoms with Crippen molar-refractivity contribution in [2.45, 2.75) is 31.2 Å². The number of halogens is 4. The lowest BCUT2D eigenvalue weighted by Gasteiger charge is -2.37. The van der Waals surface area contributed by atoms with Gasteiger partial charge in [0.2, 0.25) is 5.91 Å². The number of hydrogen-bond acceptors (Lipinski definition) is 3. The highest BCUT2D eigenvalue weighted by Crippen LogP contribution is 2.26. The van der Waals surface area contributed by atoms with Gasteiger partial charge in [0.25, 0.3) is 0 Å². The molecule has 2 unspecified atom stereocenters. The third kappa shape index (κ3) is 4.20. The van der Waals surface area contributed by atoms with Gasteiger partial charge in [-0.1, -0.05) is 6.07 Å². The second-order valence-electron chi connectivity index (χ2n) is 5.62. The molecule has 1 N–H and O–H groups in total. The summed E-state index contributed by atoms with van der Waals surface area (Å²) in [6.07, 6.45) is -6.26. The topological polar surface area (TPSA) is 43.8 Å². The van der Waals surface area contributed by atoms with Crippen molar-refractivity contribution in [1.82, 2.24) is 4.90 Å². The van der Waals surface area contributed by atoms with Crippen molar-refractivity contribution < 1.29 is 27.5 Å². The Morgan fingerprint density at radius 3 is 2.74 bits per heavy atom. The van der Waals surface area contributed by atoms with E-state index < -0.39 is 36.6 Å². The van der Waals surface area contributed by atoms with E-state index >= 15 is 0 Å². The second kappa shape index (κ2) is 6.84. The van der Waals surface area contributed by atoms with Gasteiger partial charge in [-0.25, -0.2) is 4.39 Å². The lowest BCUT2D eigenvalue weighted by atomic mass is 10.0. The van der Waals surface area contributed by atoms with Gasteiger partial charge in [0, 0.05) is 18.8 Å². The van der Waals surface area contributed by atoms with Crippen LogP contribution in [-0.2, 0) is 4.79 Å². The summed E-state index contributed by atoms with van der Waals surface area (Å²) in [5.41, 5.74) is 0.379. The fourth-order valence-electron chi connectivity index (χ4n) is 2.67. The predicted molar refractivity (Wildman–Crippen MR) is 76.5 cm³/mol. The Balaban J connectivity index is 2.10. The minimum atomic E-state index is -4.73. The third-order valence-electron chi connectivity index (χ3n) is 3.90. The van der Waals surface area contributed by atoms with Gasteiger partial charge < -0.3 is 10.0 Å². The Kier molecular flexibility index (Phi) is 5.26. The molecule has 0 aliphatic carbocycles. The molecule has 1 amide bonds. The lowest BCUT2D eigenvalue weighted by Crippen LogP contribution is -2.54. The average molecular weight is 334 g/mol. The van der Waals surface area contributed by atoms with Crippen LogP contribution in [0.15, 0.2) is 24.3 Å². The first-order valence-corrected chi connectivity index (χ1v) is 7.22. The number of aliphatic hydroxyl groups excluding tert-OH is 1. The highest BCUT2D eigenvalue weighted by Gasteiger charge is 2.41. The summed E-state index contributed by atoms with van der Waals surface area (Å²) < 4.78 is 50.6. The first-order valence-electron chi connectivity index (χ1n) is 7.22. The van der Waals surface area contributed by atoms with Gasteiger partial charge in [0.15, 0.2) is 6.10 Å². The quantitative estimate of drug-likeness (QED) is 0.859. The van der Waals surface area contributed by atoms with E-state index in [0.717, 1.165) is 0 Å². The maximum atomic E-state index is 13.3. The zero-order valence-corrected chi connectivity index (χ0v) is 12.6. The molecule has 1 heterocycles. The number of alkyl halides is 3. The molecule has 23 heavy (non-hydrogen) atoms. The van der Waals surface area contributed by atoms with Gasteiger partial charge in [-0.15, -0.1) is 0 Å². The molecule has 1 aromatic rings. The molecule has 1 saturated heterocycles. The monoisotopic (exact) mass is 334 g/mol. The van der Waals surface area contributed by atoms with E-state index in [1.165, 1.54) is 35.0 Å². The highest BCUT2D eigenvalue weighted by molar-refractivity contribution is 5.97. The summed E-state index contributed by atoms with van der Waals surface area (Å²) in [5, 5.41) is 9.15. The number of nitrogens with zero attached hydrogens (tertiary/aromatic N) is 2. The molecule has 4 nitrogen and oxygen atoms in total. The number of amides is 1. The number of piperidine rings is 1. The first-order chi connectivity index (χ1) is 10.7. The van der Waals surface area contributed by atoms with E-state index in [2.05, 4.69) is 0 Å². The number of aliphatic hydroxyl groups is 1. The number of rotatable bonds is 4. The van der Waals surface area contributed by atoms with E-state index in [1.54, 1.807) is 6.07 Å². The number of likely N-dealkylation sites (N-methyl/N-ethyl adjacent to an activating group) is 1. The number of carbonyl (C=O) groups excluding carboxylic acids is 1. The Bertz CT molecular complexity index is 565. The maximum absolute atomic E-state index is 13.3. The van der Waals surface area contributed by atoms with Gasteiger partial charge in [-0.3, -0.25) is 9.69 Å². The zero-order valence-electron chi connectivity index (χ0n) is 12.6. The molecule has 1 fully saturated rings. The van der Waals surface area contributed by atoms with Crippen molar-refractivity contribution >= 4 is 11.6 Å². The van der Waals surface area contributed by atoms with Gasteiger partial charge >= 0.3 is 6.18 Å². The molecule has 2 atom stereocenters. The smallest absolute Gasteiger partial charge is 0.382 e. The molecule has 0 aromatic heterocycles. The van der Waals surface area contributed by atoms with E-state index in [1.807, 2.05) is 0 Å². The molecular weight excluding hydrogens is 316 g/mol. The lowest BCUT2D eigenvalue weighted by molar-refractivity contribution is -0.208. The van der Waals surface area contributed by atoms with Crippen molar-refractivity contribution in [3.05, 3.63) is 30.1 Å². The largest absolute Gasteiger partial charge is 0.415 e. The molecule has 0 spiro atoms. The molecule has 1 aromatic carbocycles. The van der Waals surface area contributed by atoms with Crippen LogP contribution < -0.4 is 4.90 Å². The second-order valence-corrected chi connectivity index (χ2v) is 5.62. The highest BCUT2D eigenvalue weighted by atomic mass is 19.4. The summed E-state index contributed by atoms with van der Waals surface area (Å²) in [6.45, 7) is -0.300. The van der Waals surface area contributed by atoms with Crippen LogP contribution in [0.3, 0.4) is 0 Å². The molecule has 0 saturated carbocycles. The van der Waals surface area contributed by atoms with Crippen LogP contribution >= 0.6 is 0 Å². The molecule has 128 valence electrons. The van der Waals surface area contributed by atoms with Crippen LogP contribution in [0.5, 0.6) is 0 Å². The van der Waals surface area contributed by atoms with Crippen molar-refractivity contribution in [2.24, 2.45) is 0 Å². The zero-order chi connectivity index (χ0) is 17.2. The Hall–Kier alpha value is -1.67. The van der Waals surface area contributed by atoms with Crippen LogP contribution in [0.1, 0.15) is 12.8 Å². The summed E-state index contributed by atoms with van der Waals surface area (Å²) in [5.74, 6) is -0.878. The van der Waals surface area contributed by atoms with Gasteiger partial charge in [0.1, 0.15) is 5.82 Å². The van der Waals surface area contributed by atoms with Crippen LogP contribution in [0.25, 0.3) is 0 Å². The van der Waals surface area contributed by atoms with Crippen LogP contribution in [0.2, 0.25) is 0 Å². The van der Waals surface area contributed by atoms with Crippen LogP contribution in [0, 0.1) is 5.82 Å². The van der Waals surface area contributed by atoms with Crippen molar-refractivity contribution in [3.8, 4) is 0 Å². The molecule has 1 aliphatic rings. The maximum Gasteiger partial charge on any atom is 0.415 e. The summed E-state index contributed by atoms with van der Waals surface area (Å²) in [7, 11) is 1.37. The van der Waals surface area contributed by atoms with E-state index in [-0.39, 0.29) is 0 Å². The number of hydrogen-bond donors (Lipinski definition) is 1. The number of anilines is 1. The van der Waals surface area contributed by atoms with Crippen molar-refractivity contribution in [3.63, 3.8) is 0 Å². The average Bonchev–Trinajstić information content (AvgIpc) is 2.46. The fraction of sp³-hybridized carbons (Fsp3) is 0.533. The Morgan fingerprint density at radius 1 is 1.43 bits per heavy atom. The first kappa shape index (κ1) is 17.7. The normalized spacial score (nSPS) is 20.9. The molecule has 8 heteroatoms. The van der Waals surface area contributed by atoms with Crippen LogP contribution in [-0.4, -0.2) is 54.4 Å². The Morgan fingerprint density at radius 2 is 2.13 bits per heavy atom. The summed E-state index contributed by atoms with van der Waals surface area (Å²) in [4.78, 5) is 15.1. The van der Waals surface area contributed by atoms with Crippen molar-refractivity contribution in [2.75, 3.05) is 25.0 Å². The standard InChI is InChI=1S/C15H18F4N2O2/c1-20(9-13(22)15(17,18)19)12-6-3-7-21(14(12)23)11-5-2-4-10(16)8-11/h2,4-5,8,12-13,22H,3,6-7,9H2,1H3. The minimum Gasteiger partial charge on any atom is -0.382 e. The SMILES string of the molecule is CN(CC(O)C(F)(F)F)C1CCCN(c2cccc(F)c2)C1=O. The fourth-order valence-corrected chi connectivity index (χ4v) is 2.67. The van der Waals surface area contributed by atoms with E-state index in [0.29, 0.717) is 25.1 Å². The van der Waals surface area contributed by atoms with Crippen molar-refractivity contribution in [1.29, 1.82) is 0 Å². The summed E-state index contributed by atoms with van der Waals surface area (Å²) in [6, 6.07) is 4.74. The minimum absolute atomic E-state index is 0.379. The van der Waals surface area contributed by atoms with E-state index in [4.69, 9.17) is 5.11 Å². The summed E-state index contributed by atoms with van der Waals surface area (Å²) >= 11 is 0. The molecule has 2 rings (SSSR count). The van der Waals surface area contributed by atoms with Gasteiger partial charge in [-0.2, -0.15) is 13.2 Å². The van der Waals surface area contributed by atoms with E-state index in [9.17, 15) is 22.4 Å². The molecule has 0 radical (unpaired) electrons. The molecule has 1 aliphatic heterocycles. The van der Waals surface area contributed by atoms with Gasteiger partial charge in [-0.05, 0) is 38.1 Å². The van der Waals surface area contributed by atoms with Crippen LogP contribution in [0.4, 0.5) is 23.2 Å². The molecule has 0 bridgehead atoms.